The van der Waals surface area contributed by atoms with Gasteiger partial charge in [-0.3, -0.25) is 4.90 Å². The summed E-state index contributed by atoms with van der Waals surface area (Å²) in [5, 5.41) is 17.8. The molecule has 2 heterocycles. The van der Waals surface area contributed by atoms with Crippen molar-refractivity contribution in [2.45, 2.75) is 32.4 Å². The molecule has 1 aliphatic rings. The lowest BCUT2D eigenvalue weighted by atomic mass is 10.1. The summed E-state index contributed by atoms with van der Waals surface area (Å²) in [6.45, 7) is 4.19. The molecule has 0 radical (unpaired) electrons. The van der Waals surface area contributed by atoms with Crippen molar-refractivity contribution in [3.05, 3.63) is 77.4 Å². The Morgan fingerprint density at radius 3 is 2.48 bits per heavy atom. The van der Waals surface area contributed by atoms with Gasteiger partial charge in [0.25, 0.3) is 0 Å². The number of fused-ring (bicyclic) bond motifs is 1. The van der Waals surface area contributed by atoms with Crippen LogP contribution in [0, 0.1) is 0 Å². The number of nitrogens with zero attached hydrogens (tertiary/aromatic N) is 4. The SMILES string of the molecule is OCCOc1ccc(CN2CCc3nnc(CCc4ccccc4)n3CC2)cc1. The number of rotatable bonds is 8. The van der Waals surface area contributed by atoms with Gasteiger partial charge in [-0.1, -0.05) is 42.5 Å². The molecule has 29 heavy (non-hydrogen) atoms. The van der Waals surface area contributed by atoms with Crippen LogP contribution in [0.5, 0.6) is 5.75 Å². The Bertz CT molecular complexity index is 893. The molecule has 6 heteroatoms. The molecule has 0 bridgehead atoms. The summed E-state index contributed by atoms with van der Waals surface area (Å²) in [7, 11) is 0. The molecule has 0 spiro atoms. The van der Waals surface area contributed by atoms with Gasteiger partial charge in [-0.05, 0) is 29.7 Å². The van der Waals surface area contributed by atoms with Crippen LogP contribution in [-0.2, 0) is 32.4 Å². The molecule has 2 aromatic carbocycles. The van der Waals surface area contributed by atoms with Gasteiger partial charge < -0.3 is 14.4 Å². The molecule has 6 nitrogen and oxygen atoms in total. The first kappa shape index (κ1) is 19.6. The van der Waals surface area contributed by atoms with E-state index in [0.717, 1.165) is 62.8 Å². The van der Waals surface area contributed by atoms with Gasteiger partial charge in [0.15, 0.2) is 0 Å². The van der Waals surface area contributed by atoms with E-state index >= 15 is 0 Å². The maximum atomic E-state index is 8.85. The minimum Gasteiger partial charge on any atom is -0.491 e. The molecular weight excluding hydrogens is 364 g/mol. The van der Waals surface area contributed by atoms with E-state index in [4.69, 9.17) is 9.84 Å². The lowest BCUT2D eigenvalue weighted by Crippen LogP contribution is -2.26. The highest BCUT2D eigenvalue weighted by molar-refractivity contribution is 5.27. The first-order chi connectivity index (χ1) is 14.3. The van der Waals surface area contributed by atoms with Crippen LogP contribution in [0.15, 0.2) is 54.6 Å². The fourth-order valence-electron chi connectivity index (χ4n) is 3.78. The number of aliphatic hydroxyl groups excluding tert-OH is 1. The fourth-order valence-corrected chi connectivity index (χ4v) is 3.78. The van der Waals surface area contributed by atoms with E-state index in [0.29, 0.717) is 6.61 Å². The van der Waals surface area contributed by atoms with Gasteiger partial charge in [0.05, 0.1) is 6.61 Å². The van der Waals surface area contributed by atoms with Gasteiger partial charge in [0.2, 0.25) is 0 Å². The summed E-state index contributed by atoms with van der Waals surface area (Å²) in [5.74, 6) is 2.99. The third-order valence-corrected chi connectivity index (χ3v) is 5.37. The van der Waals surface area contributed by atoms with E-state index < -0.39 is 0 Å². The van der Waals surface area contributed by atoms with Crippen LogP contribution in [0.3, 0.4) is 0 Å². The lowest BCUT2D eigenvalue weighted by molar-refractivity contribution is 0.201. The zero-order valence-corrected chi connectivity index (χ0v) is 16.7. The van der Waals surface area contributed by atoms with Crippen molar-refractivity contribution in [1.82, 2.24) is 19.7 Å². The normalized spacial score (nSPS) is 14.4. The van der Waals surface area contributed by atoms with Crippen molar-refractivity contribution < 1.29 is 9.84 Å². The van der Waals surface area contributed by atoms with Crippen LogP contribution in [0.4, 0.5) is 0 Å². The van der Waals surface area contributed by atoms with Gasteiger partial charge in [0.1, 0.15) is 24.0 Å². The predicted molar refractivity (Wildman–Crippen MR) is 112 cm³/mol. The van der Waals surface area contributed by atoms with Crippen LogP contribution < -0.4 is 4.74 Å². The third kappa shape index (κ3) is 5.22. The highest BCUT2D eigenvalue weighted by Crippen LogP contribution is 2.16. The van der Waals surface area contributed by atoms with E-state index in [1.165, 1.54) is 11.1 Å². The number of ether oxygens (including phenoxy) is 1. The second-order valence-corrected chi connectivity index (χ2v) is 7.41. The molecule has 1 aliphatic heterocycles. The monoisotopic (exact) mass is 392 g/mol. The highest BCUT2D eigenvalue weighted by Gasteiger charge is 2.18. The van der Waals surface area contributed by atoms with Gasteiger partial charge >= 0.3 is 0 Å². The van der Waals surface area contributed by atoms with E-state index in [1.54, 1.807) is 0 Å². The van der Waals surface area contributed by atoms with Crippen LogP contribution in [0.2, 0.25) is 0 Å². The summed E-state index contributed by atoms with van der Waals surface area (Å²) in [5.41, 5.74) is 2.61. The summed E-state index contributed by atoms with van der Waals surface area (Å²) < 4.78 is 7.75. The number of hydrogen-bond donors (Lipinski definition) is 1. The smallest absolute Gasteiger partial charge is 0.134 e. The molecule has 0 saturated carbocycles. The molecule has 4 rings (SSSR count). The van der Waals surface area contributed by atoms with Crippen molar-refractivity contribution in [1.29, 1.82) is 0 Å². The molecular formula is C23H28N4O2. The molecule has 0 saturated heterocycles. The molecule has 0 unspecified atom stereocenters. The molecule has 0 fully saturated rings. The number of aliphatic hydroxyl groups is 1. The molecule has 0 atom stereocenters. The number of aromatic nitrogens is 3. The highest BCUT2D eigenvalue weighted by atomic mass is 16.5. The Morgan fingerprint density at radius 1 is 0.862 bits per heavy atom. The molecule has 0 aliphatic carbocycles. The van der Waals surface area contributed by atoms with Crippen molar-refractivity contribution in [3.8, 4) is 5.75 Å². The van der Waals surface area contributed by atoms with E-state index in [1.807, 2.05) is 12.1 Å². The van der Waals surface area contributed by atoms with Crippen LogP contribution in [0.25, 0.3) is 0 Å². The molecule has 1 aromatic heterocycles. The van der Waals surface area contributed by atoms with Crippen molar-refractivity contribution >= 4 is 0 Å². The summed E-state index contributed by atoms with van der Waals surface area (Å²) in [6, 6.07) is 18.7. The molecule has 1 N–H and O–H groups in total. The van der Waals surface area contributed by atoms with E-state index in [-0.39, 0.29) is 6.61 Å². The largest absolute Gasteiger partial charge is 0.491 e. The summed E-state index contributed by atoms with van der Waals surface area (Å²) >= 11 is 0. The standard InChI is InChI=1S/C23H28N4O2/c28-16-17-29-21-9-6-20(7-10-21)18-26-13-12-23-25-24-22(27(23)15-14-26)11-8-19-4-2-1-3-5-19/h1-7,9-10,28H,8,11-18H2. The minimum atomic E-state index is 0.0343. The van der Waals surface area contributed by atoms with Crippen LogP contribution in [-0.4, -0.2) is 51.1 Å². The van der Waals surface area contributed by atoms with Gasteiger partial charge in [0, 0.05) is 39.0 Å². The molecule has 0 amide bonds. The van der Waals surface area contributed by atoms with Gasteiger partial charge in [-0.25, -0.2) is 0 Å². The Kier molecular flexibility index (Phi) is 6.54. The van der Waals surface area contributed by atoms with Crippen molar-refractivity contribution in [2.75, 3.05) is 26.3 Å². The Balaban J connectivity index is 1.33. The average molecular weight is 393 g/mol. The van der Waals surface area contributed by atoms with E-state index in [2.05, 4.69) is 62.1 Å². The Hall–Kier alpha value is -2.70. The summed E-state index contributed by atoms with van der Waals surface area (Å²) in [4.78, 5) is 2.47. The predicted octanol–water partition coefficient (Wildman–Crippen LogP) is 2.49. The quantitative estimate of drug-likeness (QED) is 0.638. The average Bonchev–Trinajstić information content (AvgIpc) is 3.05. The Labute approximate surface area is 171 Å². The topological polar surface area (TPSA) is 63.4 Å². The van der Waals surface area contributed by atoms with Gasteiger partial charge in [-0.2, -0.15) is 0 Å². The van der Waals surface area contributed by atoms with Crippen molar-refractivity contribution in [3.63, 3.8) is 0 Å². The van der Waals surface area contributed by atoms with Crippen LogP contribution in [0.1, 0.15) is 22.8 Å². The van der Waals surface area contributed by atoms with Gasteiger partial charge in [-0.15, -0.1) is 10.2 Å². The minimum absolute atomic E-state index is 0.0343. The maximum Gasteiger partial charge on any atom is 0.134 e. The van der Waals surface area contributed by atoms with E-state index in [9.17, 15) is 0 Å². The summed E-state index contributed by atoms with van der Waals surface area (Å²) in [6.07, 6.45) is 2.84. The maximum absolute atomic E-state index is 8.85. The number of hydrogen-bond acceptors (Lipinski definition) is 5. The zero-order chi connectivity index (χ0) is 19.9. The third-order valence-electron chi connectivity index (χ3n) is 5.37. The second kappa shape index (κ2) is 9.67. The number of aryl methyl sites for hydroxylation is 2. The van der Waals surface area contributed by atoms with Crippen LogP contribution >= 0.6 is 0 Å². The first-order valence-electron chi connectivity index (χ1n) is 10.3. The number of benzene rings is 2. The second-order valence-electron chi connectivity index (χ2n) is 7.41. The molecule has 152 valence electrons. The zero-order valence-electron chi connectivity index (χ0n) is 16.7. The Morgan fingerprint density at radius 2 is 1.69 bits per heavy atom. The lowest BCUT2D eigenvalue weighted by Gasteiger charge is -2.20. The van der Waals surface area contributed by atoms with Crippen molar-refractivity contribution in [2.24, 2.45) is 0 Å². The molecule has 3 aromatic rings. The first-order valence-corrected chi connectivity index (χ1v) is 10.3. The fraction of sp³-hybridized carbons (Fsp3) is 0.391.